The van der Waals surface area contributed by atoms with Gasteiger partial charge in [0.25, 0.3) is 0 Å². The Hall–Kier alpha value is -1.48. The van der Waals surface area contributed by atoms with Gasteiger partial charge in [0.2, 0.25) is 10.0 Å². The zero-order valence-corrected chi connectivity index (χ0v) is 9.35. The van der Waals surface area contributed by atoms with Gasteiger partial charge < -0.3 is 0 Å². The predicted molar refractivity (Wildman–Crippen MR) is 54.1 cm³/mol. The lowest BCUT2D eigenvalue weighted by Gasteiger charge is -2.24. The molecule has 2 rings (SSSR count). The van der Waals surface area contributed by atoms with Crippen molar-refractivity contribution in [3.8, 4) is 0 Å². The average Bonchev–Trinajstić information content (AvgIpc) is 2.58. The lowest BCUT2D eigenvalue weighted by Crippen LogP contribution is -2.37. The summed E-state index contributed by atoms with van der Waals surface area (Å²) in [5.41, 5.74) is 0.204. The van der Waals surface area contributed by atoms with Crippen molar-refractivity contribution in [3.63, 3.8) is 0 Å². The summed E-state index contributed by atoms with van der Waals surface area (Å²) < 4.78 is 25.3. The van der Waals surface area contributed by atoms with Gasteiger partial charge in [-0.05, 0) is 0 Å². The molecule has 0 radical (unpaired) electrons. The summed E-state index contributed by atoms with van der Waals surface area (Å²) >= 11 is 0. The molecular weight excluding hydrogens is 236 g/mol. The molecule has 1 aromatic rings. The fourth-order valence-corrected chi connectivity index (χ4v) is 2.41. The maximum Gasteiger partial charge on any atom is 0.311 e. The van der Waals surface area contributed by atoms with E-state index >= 15 is 0 Å². The highest BCUT2D eigenvalue weighted by molar-refractivity contribution is 7.88. The highest BCUT2D eigenvalue weighted by Gasteiger charge is 2.30. The molecule has 0 saturated carbocycles. The van der Waals surface area contributed by atoms with Crippen molar-refractivity contribution < 1.29 is 13.3 Å². The Morgan fingerprint density at radius 3 is 2.75 bits per heavy atom. The molecule has 0 saturated heterocycles. The zero-order valence-electron chi connectivity index (χ0n) is 8.53. The Morgan fingerprint density at radius 2 is 2.19 bits per heavy atom. The molecule has 0 amide bonds. The van der Waals surface area contributed by atoms with E-state index in [-0.39, 0.29) is 12.2 Å². The normalized spacial score (nSPS) is 17.1. The van der Waals surface area contributed by atoms with Crippen LogP contribution in [0.25, 0.3) is 0 Å². The number of hydrogen-bond acceptors (Lipinski definition) is 5. The summed E-state index contributed by atoms with van der Waals surface area (Å²) in [6.07, 6.45) is 2.24. The Bertz CT molecular complexity index is 535. The summed E-state index contributed by atoms with van der Waals surface area (Å²) in [6.45, 7) is 0.649. The molecule has 9 heteroatoms. The molecule has 0 aromatic carbocycles. The number of fused-ring (bicyclic) bond motifs is 1. The molecule has 0 fully saturated rings. The van der Waals surface area contributed by atoms with E-state index in [4.69, 9.17) is 0 Å². The Balaban J connectivity index is 2.38. The second-order valence-electron chi connectivity index (χ2n) is 3.55. The average molecular weight is 246 g/mol. The molecule has 8 nitrogen and oxygen atoms in total. The van der Waals surface area contributed by atoms with Crippen LogP contribution in [-0.2, 0) is 23.1 Å². The van der Waals surface area contributed by atoms with Crippen LogP contribution >= 0.6 is 0 Å². The minimum atomic E-state index is -3.32. The summed E-state index contributed by atoms with van der Waals surface area (Å²) in [5, 5.41) is 14.5. The Kier molecular flexibility index (Phi) is 2.43. The van der Waals surface area contributed by atoms with Gasteiger partial charge in [-0.1, -0.05) is 0 Å². The van der Waals surface area contributed by atoms with Crippen molar-refractivity contribution in [1.29, 1.82) is 0 Å². The molecule has 0 N–H and O–H groups in total. The lowest BCUT2D eigenvalue weighted by molar-refractivity contribution is -0.385. The molecule has 0 unspecified atom stereocenters. The molecule has 0 atom stereocenters. The van der Waals surface area contributed by atoms with Crippen LogP contribution < -0.4 is 0 Å². The summed E-state index contributed by atoms with van der Waals surface area (Å²) in [7, 11) is -3.32. The van der Waals surface area contributed by atoms with Crippen LogP contribution in [0.2, 0.25) is 0 Å². The van der Waals surface area contributed by atoms with Crippen molar-refractivity contribution in [1.82, 2.24) is 14.1 Å². The highest BCUT2D eigenvalue weighted by atomic mass is 32.2. The van der Waals surface area contributed by atoms with Crippen LogP contribution in [-0.4, -0.2) is 40.2 Å². The quantitative estimate of drug-likeness (QED) is 0.520. The monoisotopic (exact) mass is 246 g/mol. The van der Waals surface area contributed by atoms with Gasteiger partial charge in [0.05, 0.1) is 24.3 Å². The topological polar surface area (TPSA) is 98.3 Å². The van der Waals surface area contributed by atoms with Gasteiger partial charge in [-0.3, -0.25) is 14.8 Å². The Morgan fingerprint density at radius 1 is 1.50 bits per heavy atom. The van der Waals surface area contributed by atoms with Crippen LogP contribution in [0.4, 0.5) is 5.69 Å². The van der Waals surface area contributed by atoms with Gasteiger partial charge in [-0.15, -0.1) is 0 Å². The van der Waals surface area contributed by atoms with Crippen molar-refractivity contribution in [2.24, 2.45) is 0 Å². The molecule has 1 aromatic heterocycles. The van der Waals surface area contributed by atoms with Crippen molar-refractivity contribution >= 4 is 15.7 Å². The second-order valence-corrected chi connectivity index (χ2v) is 5.54. The van der Waals surface area contributed by atoms with Gasteiger partial charge in [0.1, 0.15) is 11.9 Å². The van der Waals surface area contributed by atoms with Crippen LogP contribution in [0.1, 0.15) is 5.69 Å². The second kappa shape index (κ2) is 3.52. The molecule has 88 valence electrons. The number of nitro groups is 1. The summed E-state index contributed by atoms with van der Waals surface area (Å²) in [4.78, 5) is 10.1. The number of hydrogen-bond donors (Lipinski definition) is 0. The molecule has 2 heterocycles. The standard InChI is InChI=1S/C7H10N4O4S/c1-16(14,15)9-2-3-10-7(5-9)6(4-8-10)11(12)13/h4H,2-3,5H2,1H3. The third-order valence-corrected chi connectivity index (χ3v) is 3.73. The third-order valence-electron chi connectivity index (χ3n) is 2.48. The molecule has 1 aliphatic heterocycles. The number of sulfonamides is 1. The van der Waals surface area contributed by atoms with Crippen molar-refractivity contribution in [3.05, 3.63) is 22.0 Å². The van der Waals surface area contributed by atoms with Gasteiger partial charge >= 0.3 is 5.69 Å². The molecule has 0 bridgehead atoms. The van der Waals surface area contributed by atoms with Crippen LogP contribution in [0.3, 0.4) is 0 Å². The van der Waals surface area contributed by atoms with Gasteiger partial charge in [0.15, 0.2) is 0 Å². The van der Waals surface area contributed by atoms with Crippen molar-refractivity contribution in [2.75, 3.05) is 12.8 Å². The van der Waals surface area contributed by atoms with E-state index in [1.807, 2.05) is 0 Å². The summed E-state index contributed by atoms with van der Waals surface area (Å²) in [6, 6.07) is 0. The largest absolute Gasteiger partial charge is 0.311 e. The predicted octanol–water partition coefficient (Wildman–Crippen LogP) is -0.433. The Labute approximate surface area is 91.7 Å². The van der Waals surface area contributed by atoms with E-state index < -0.39 is 14.9 Å². The first-order valence-electron chi connectivity index (χ1n) is 4.54. The van der Waals surface area contributed by atoms with Crippen LogP contribution in [0, 0.1) is 10.1 Å². The van der Waals surface area contributed by atoms with Gasteiger partial charge in [0, 0.05) is 6.54 Å². The first-order chi connectivity index (χ1) is 7.39. The number of aromatic nitrogens is 2. The van der Waals surface area contributed by atoms with E-state index in [0.29, 0.717) is 18.8 Å². The van der Waals surface area contributed by atoms with Crippen molar-refractivity contribution in [2.45, 2.75) is 13.1 Å². The van der Waals surface area contributed by atoms with E-state index in [9.17, 15) is 18.5 Å². The molecular formula is C7H10N4O4S. The molecule has 1 aliphatic rings. The lowest BCUT2D eigenvalue weighted by atomic mass is 10.3. The SMILES string of the molecule is CS(=O)(=O)N1CCn2ncc([N+](=O)[O-])c2C1. The smallest absolute Gasteiger partial charge is 0.260 e. The molecule has 16 heavy (non-hydrogen) atoms. The maximum absolute atomic E-state index is 11.3. The van der Waals surface area contributed by atoms with E-state index in [1.54, 1.807) is 0 Å². The molecule has 0 spiro atoms. The minimum Gasteiger partial charge on any atom is -0.260 e. The van der Waals surface area contributed by atoms with E-state index in [1.165, 1.54) is 8.99 Å². The van der Waals surface area contributed by atoms with Crippen LogP contribution in [0.15, 0.2) is 6.20 Å². The van der Waals surface area contributed by atoms with Crippen LogP contribution in [0.5, 0.6) is 0 Å². The highest BCUT2D eigenvalue weighted by Crippen LogP contribution is 2.23. The first-order valence-corrected chi connectivity index (χ1v) is 6.38. The number of nitrogens with zero attached hydrogens (tertiary/aromatic N) is 4. The molecule has 0 aliphatic carbocycles. The summed E-state index contributed by atoms with van der Waals surface area (Å²) in [5.74, 6) is 0. The third kappa shape index (κ3) is 1.78. The fraction of sp³-hybridized carbons (Fsp3) is 0.571. The minimum absolute atomic E-state index is 0.00907. The first kappa shape index (κ1) is 11.0. The van der Waals surface area contributed by atoms with Gasteiger partial charge in [-0.2, -0.15) is 9.40 Å². The van der Waals surface area contributed by atoms with E-state index in [0.717, 1.165) is 12.5 Å². The zero-order chi connectivity index (χ0) is 11.9. The van der Waals surface area contributed by atoms with E-state index in [2.05, 4.69) is 5.10 Å². The maximum atomic E-state index is 11.3. The van der Waals surface area contributed by atoms with Gasteiger partial charge in [-0.25, -0.2) is 8.42 Å². The number of rotatable bonds is 2. The fourth-order valence-electron chi connectivity index (χ4n) is 1.64.